The fraction of sp³-hybridized carbons (Fsp3) is 0.769. The van der Waals surface area contributed by atoms with Crippen molar-refractivity contribution in [2.24, 2.45) is 0 Å². The molecule has 0 amide bonds. The zero-order valence-corrected chi connectivity index (χ0v) is 12.5. The topological polar surface area (TPSA) is 60.2 Å². The summed E-state index contributed by atoms with van der Waals surface area (Å²) in [6, 6.07) is 0.520. The summed E-state index contributed by atoms with van der Waals surface area (Å²) in [4.78, 5) is 14.0. The summed E-state index contributed by atoms with van der Waals surface area (Å²) in [5.74, 6) is 0.641. The van der Waals surface area contributed by atoms with Gasteiger partial charge in [-0.05, 0) is 47.7 Å². The van der Waals surface area contributed by atoms with E-state index in [1.807, 2.05) is 11.5 Å². The van der Waals surface area contributed by atoms with Crippen LogP contribution >= 0.6 is 0 Å². The van der Waals surface area contributed by atoms with Gasteiger partial charge < -0.3 is 14.2 Å². The standard InChI is InChI=1S/C13H24N4O2/c1-6-19-13(18)12-15-14-11(4)17(12)9-7-8-16(5)10(2)3/h10H,6-9H2,1-5H3. The van der Waals surface area contributed by atoms with Crippen LogP contribution in [0.3, 0.4) is 0 Å². The Bertz CT molecular complexity index is 415. The lowest BCUT2D eigenvalue weighted by atomic mass is 10.3. The molecule has 0 saturated heterocycles. The third kappa shape index (κ3) is 4.31. The molecule has 6 heteroatoms. The molecule has 0 unspecified atom stereocenters. The molecule has 1 heterocycles. The lowest BCUT2D eigenvalue weighted by molar-refractivity contribution is 0.0505. The molecular formula is C13H24N4O2. The van der Waals surface area contributed by atoms with Crippen molar-refractivity contribution < 1.29 is 9.53 Å². The van der Waals surface area contributed by atoms with Crippen LogP contribution in [-0.2, 0) is 11.3 Å². The molecule has 0 aliphatic rings. The Morgan fingerprint density at radius 1 is 1.42 bits per heavy atom. The van der Waals surface area contributed by atoms with Crippen molar-refractivity contribution in [1.29, 1.82) is 0 Å². The molecule has 0 saturated carbocycles. The number of ether oxygens (including phenoxy) is 1. The van der Waals surface area contributed by atoms with Gasteiger partial charge in [-0.3, -0.25) is 0 Å². The number of hydrogen-bond acceptors (Lipinski definition) is 5. The molecule has 0 atom stereocenters. The third-order valence-corrected chi connectivity index (χ3v) is 3.17. The Balaban J connectivity index is 2.62. The van der Waals surface area contributed by atoms with Gasteiger partial charge in [0.15, 0.2) is 0 Å². The van der Waals surface area contributed by atoms with Crippen molar-refractivity contribution in [3.63, 3.8) is 0 Å². The van der Waals surface area contributed by atoms with Crippen LogP contribution in [-0.4, -0.2) is 51.9 Å². The average molecular weight is 268 g/mol. The first-order valence-corrected chi connectivity index (χ1v) is 6.74. The minimum absolute atomic E-state index is 0.298. The molecule has 0 N–H and O–H groups in total. The van der Waals surface area contributed by atoms with Gasteiger partial charge in [-0.1, -0.05) is 0 Å². The summed E-state index contributed by atoms with van der Waals surface area (Å²) in [6.45, 7) is 10.00. The predicted octanol–water partition coefficient (Wildman–Crippen LogP) is 1.49. The summed E-state index contributed by atoms with van der Waals surface area (Å²) < 4.78 is 6.80. The molecule has 0 aliphatic heterocycles. The maximum absolute atomic E-state index is 11.7. The summed E-state index contributed by atoms with van der Waals surface area (Å²) >= 11 is 0. The van der Waals surface area contributed by atoms with Crippen LogP contribution in [0, 0.1) is 6.92 Å². The number of hydrogen-bond donors (Lipinski definition) is 0. The van der Waals surface area contributed by atoms with Crippen molar-refractivity contribution in [3.8, 4) is 0 Å². The SMILES string of the molecule is CCOC(=O)c1nnc(C)n1CCCN(C)C(C)C. The zero-order chi connectivity index (χ0) is 14.4. The highest BCUT2D eigenvalue weighted by Gasteiger charge is 2.17. The Labute approximate surface area is 114 Å². The zero-order valence-electron chi connectivity index (χ0n) is 12.5. The molecule has 108 valence electrons. The van der Waals surface area contributed by atoms with Crippen molar-refractivity contribution >= 4 is 5.97 Å². The fourth-order valence-corrected chi connectivity index (χ4v) is 1.73. The smallest absolute Gasteiger partial charge is 0.376 e. The Morgan fingerprint density at radius 2 is 2.11 bits per heavy atom. The molecule has 1 aromatic rings. The molecule has 0 radical (unpaired) electrons. The Kier molecular flexibility index (Phi) is 5.95. The van der Waals surface area contributed by atoms with E-state index in [0.717, 1.165) is 25.3 Å². The number of rotatable bonds is 7. The van der Waals surface area contributed by atoms with E-state index < -0.39 is 5.97 Å². The van der Waals surface area contributed by atoms with Gasteiger partial charge in [-0.15, -0.1) is 10.2 Å². The fourth-order valence-electron chi connectivity index (χ4n) is 1.73. The van der Waals surface area contributed by atoms with E-state index in [1.165, 1.54) is 0 Å². The van der Waals surface area contributed by atoms with Crippen LogP contribution in [0.5, 0.6) is 0 Å². The minimum atomic E-state index is -0.402. The lowest BCUT2D eigenvalue weighted by Gasteiger charge is -2.21. The van der Waals surface area contributed by atoms with E-state index in [-0.39, 0.29) is 0 Å². The second-order valence-corrected chi connectivity index (χ2v) is 4.87. The van der Waals surface area contributed by atoms with Crippen LogP contribution in [0.1, 0.15) is 43.6 Å². The van der Waals surface area contributed by atoms with Gasteiger partial charge in [0.25, 0.3) is 0 Å². The van der Waals surface area contributed by atoms with E-state index in [0.29, 0.717) is 18.5 Å². The van der Waals surface area contributed by atoms with Crippen molar-refractivity contribution in [2.75, 3.05) is 20.2 Å². The molecule has 1 rings (SSSR count). The second-order valence-electron chi connectivity index (χ2n) is 4.87. The molecule has 6 nitrogen and oxygen atoms in total. The molecule has 0 bridgehead atoms. The molecule has 19 heavy (non-hydrogen) atoms. The van der Waals surface area contributed by atoms with Crippen LogP contribution < -0.4 is 0 Å². The molecule has 0 spiro atoms. The van der Waals surface area contributed by atoms with Gasteiger partial charge in [-0.2, -0.15) is 0 Å². The van der Waals surface area contributed by atoms with Gasteiger partial charge in [0.2, 0.25) is 5.82 Å². The van der Waals surface area contributed by atoms with Crippen molar-refractivity contribution in [3.05, 3.63) is 11.6 Å². The molecule has 0 fully saturated rings. The van der Waals surface area contributed by atoms with Crippen molar-refractivity contribution in [2.45, 2.75) is 46.7 Å². The van der Waals surface area contributed by atoms with Gasteiger partial charge in [0.1, 0.15) is 5.82 Å². The Morgan fingerprint density at radius 3 is 2.68 bits per heavy atom. The predicted molar refractivity (Wildman–Crippen MR) is 73.1 cm³/mol. The Hall–Kier alpha value is -1.43. The number of aromatic nitrogens is 3. The minimum Gasteiger partial charge on any atom is -0.460 e. The largest absolute Gasteiger partial charge is 0.460 e. The summed E-state index contributed by atoms with van der Waals surface area (Å²) in [7, 11) is 2.09. The van der Waals surface area contributed by atoms with Gasteiger partial charge in [0.05, 0.1) is 6.61 Å². The van der Waals surface area contributed by atoms with E-state index in [2.05, 4.69) is 36.0 Å². The van der Waals surface area contributed by atoms with E-state index in [9.17, 15) is 4.79 Å². The van der Waals surface area contributed by atoms with Crippen molar-refractivity contribution in [1.82, 2.24) is 19.7 Å². The van der Waals surface area contributed by atoms with Crippen LogP contribution in [0.15, 0.2) is 0 Å². The number of carbonyl (C=O) groups excluding carboxylic acids is 1. The third-order valence-electron chi connectivity index (χ3n) is 3.17. The first-order valence-electron chi connectivity index (χ1n) is 6.74. The highest BCUT2D eigenvalue weighted by atomic mass is 16.5. The number of carbonyl (C=O) groups is 1. The molecule has 1 aromatic heterocycles. The van der Waals surface area contributed by atoms with Crippen LogP contribution in [0.4, 0.5) is 0 Å². The normalized spacial score (nSPS) is 11.3. The van der Waals surface area contributed by atoms with E-state index >= 15 is 0 Å². The maximum Gasteiger partial charge on any atom is 0.376 e. The molecule has 0 aliphatic carbocycles. The summed E-state index contributed by atoms with van der Waals surface area (Å²) in [5, 5.41) is 7.84. The highest BCUT2D eigenvalue weighted by Crippen LogP contribution is 2.06. The van der Waals surface area contributed by atoms with Gasteiger partial charge in [0, 0.05) is 12.6 Å². The molecular weight excluding hydrogens is 244 g/mol. The van der Waals surface area contributed by atoms with Gasteiger partial charge in [-0.25, -0.2) is 4.79 Å². The molecule has 0 aromatic carbocycles. The number of esters is 1. The summed E-state index contributed by atoms with van der Waals surface area (Å²) in [6.07, 6.45) is 0.944. The van der Waals surface area contributed by atoms with Crippen LogP contribution in [0.2, 0.25) is 0 Å². The second kappa shape index (κ2) is 7.23. The van der Waals surface area contributed by atoms with E-state index in [1.54, 1.807) is 6.92 Å². The van der Waals surface area contributed by atoms with Crippen LogP contribution in [0.25, 0.3) is 0 Å². The van der Waals surface area contributed by atoms with E-state index in [4.69, 9.17) is 4.74 Å². The first-order chi connectivity index (χ1) is 8.97. The highest BCUT2D eigenvalue weighted by molar-refractivity contribution is 5.85. The summed E-state index contributed by atoms with van der Waals surface area (Å²) in [5.41, 5.74) is 0. The quantitative estimate of drug-likeness (QED) is 0.701. The first kappa shape index (κ1) is 15.6. The number of aryl methyl sites for hydroxylation is 1. The average Bonchev–Trinajstić information content (AvgIpc) is 2.71. The lowest BCUT2D eigenvalue weighted by Crippen LogP contribution is -2.28. The van der Waals surface area contributed by atoms with Gasteiger partial charge >= 0.3 is 5.97 Å². The monoisotopic (exact) mass is 268 g/mol. The maximum atomic E-state index is 11.7. The number of nitrogens with zero attached hydrogens (tertiary/aromatic N) is 4.